The summed E-state index contributed by atoms with van der Waals surface area (Å²) in [6.07, 6.45) is 13.7. The van der Waals surface area contributed by atoms with E-state index in [0.717, 1.165) is 19.3 Å². The molecule has 0 saturated heterocycles. The molecule has 0 N–H and O–H groups in total. The first-order valence-corrected chi connectivity index (χ1v) is 8.82. The van der Waals surface area contributed by atoms with Crippen LogP contribution in [0.1, 0.15) is 82.3 Å². The van der Waals surface area contributed by atoms with E-state index in [1.807, 2.05) is 0 Å². The molecule has 1 aromatic carbocycles. The third kappa shape index (κ3) is 4.10. The van der Waals surface area contributed by atoms with Crippen molar-refractivity contribution in [2.24, 2.45) is 0 Å². The number of hydrogen-bond donors (Lipinski definition) is 0. The van der Waals surface area contributed by atoms with E-state index in [1.165, 1.54) is 62.5 Å². The molecule has 0 amide bonds. The van der Waals surface area contributed by atoms with E-state index in [2.05, 4.69) is 37.3 Å². The highest BCUT2D eigenvalue weighted by molar-refractivity contribution is 5.41. The molecule has 0 bridgehead atoms. The molecular formula is C20H29N. The first kappa shape index (κ1) is 16.1. The summed E-state index contributed by atoms with van der Waals surface area (Å²) < 4.78 is 0. The Morgan fingerprint density at radius 2 is 1.76 bits per heavy atom. The Hall–Kier alpha value is -1.29. The van der Waals surface area contributed by atoms with Crippen LogP contribution in [0.15, 0.2) is 24.3 Å². The van der Waals surface area contributed by atoms with Gasteiger partial charge in [0, 0.05) is 0 Å². The van der Waals surface area contributed by atoms with Crippen molar-refractivity contribution in [3.8, 4) is 6.07 Å². The molecule has 0 aromatic heterocycles. The summed E-state index contributed by atoms with van der Waals surface area (Å²) in [5.74, 6) is 0. The zero-order chi connectivity index (χ0) is 15.0. The second kappa shape index (κ2) is 8.23. The first-order valence-electron chi connectivity index (χ1n) is 8.82. The summed E-state index contributed by atoms with van der Waals surface area (Å²) in [6, 6.07) is 11.3. The molecule has 1 aliphatic rings. The van der Waals surface area contributed by atoms with Crippen molar-refractivity contribution in [3.63, 3.8) is 0 Å². The molecule has 1 atom stereocenters. The molecule has 1 nitrogen and oxygen atoms in total. The molecule has 0 spiro atoms. The van der Waals surface area contributed by atoms with Gasteiger partial charge in [-0.2, -0.15) is 5.26 Å². The highest BCUT2D eigenvalue weighted by atomic mass is 14.4. The van der Waals surface area contributed by atoms with Crippen LogP contribution in [0.5, 0.6) is 0 Å². The van der Waals surface area contributed by atoms with E-state index in [4.69, 9.17) is 0 Å². The van der Waals surface area contributed by atoms with Crippen LogP contribution in [0.3, 0.4) is 0 Å². The monoisotopic (exact) mass is 283 g/mol. The number of unbranched alkanes of at least 4 members (excludes halogenated alkanes) is 6. The van der Waals surface area contributed by atoms with Gasteiger partial charge in [-0.25, -0.2) is 0 Å². The minimum atomic E-state index is -0.196. The van der Waals surface area contributed by atoms with Gasteiger partial charge in [0.2, 0.25) is 0 Å². The van der Waals surface area contributed by atoms with Crippen LogP contribution in [0.2, 0.25) is 0 Å². The van der Waals surface area contributed by atoms with Gasteiger partial charge in [0.25, 0.3) is 0 Å². The van der Waals surface area contributed by atoms with Gasteiger partial charge >= 0.3 is 0 Å². The Labute approximate surface area is 130 Å². The maximum atomic E-state index is 9.81. The number of aryl methyl sites for hydroxylation is 1. The van der Waals surface area contributed by atoms with Crippen LogP contribution in [0.25, 0.3) is 0 Å². The molecule has 2 rings (SSSR count). The minimum Gasteiger partial charge on any atom is -0.197 e. The molecule has 0 radical (unpaired) electrons. The topological polar surface area (TPSA) is 23.8 Å². The van der Waals surface area contributed by atoms with E-state index < -0.39 is 0 Å². The van der Waals surface area contributed by atoms with E-state index in [1.54, 1.807) is 0 Å². The van der Waals surface area contributed by atoms with Crippen LogP contribution < -0.4 is 0 Å². The lowest BCUT2D eigenvalue weighted by molar-refractivity contribution is 0.401. The standard InChI is InChI=1S/C20H29N/c1-2-3-4-5-6-7-10-15-20(17-21)16-11-13-18-12-8-9-14-19(18)20/h8-9,12,14H,2-7,10-11,13,15-16H2,1H3. The summed E-state index contributed by atoms with van der Waals surface area (Å²) >= 11 is 0. The Morgan fingerprint density at radius 1 is 1.05 bits per heavy atom. The Kier molecular flexibility index (Phi) is 6.30. The van der Waals surface area contributed by atoms with E-state index >= 15 is 0 Å². The van der Waals surface area contributed by atoms with Crippen LogP contribution in [0, 0.1) is 11.3 Å². The maximum Gasteiger partial charge on any atom is 0.0825 e. The fourth-order valence-corrected chi connectivity index (χ4v) is 3.74. The van der Waals surface area contributed by atoms with Crippen LogP contribution in [0.4, 0.5) is 0 Å². The van der Waals surface area contributed by atoms with Gasteiger partial charge < -0.3 is 0 Å². The predicted octanol–water partition coefficient (Wildman–Crippen LogP) is 5.92. The number of rotatable bonds is 8. The third-order valence-electron chi connectivity index (χ3n) is 5.00. The second-order valence-corrected chi connectivity index (χ2v) is 6.58. The molecule has 0 fully saturated rings. The third-order valence-corrected chi connectivity index (χ3v) is 5.00. The van der Waals surface area contributed by atoms with E-state index in [0.29, 0.717) is 0 Å². The van der Waals surface area contributed by atoms with Crippen molar-refractivity contribution in [3.05, 3.63) is 35.4 Å². The smallest absolute Gasteiger partial charge is 0.0825 e. The summed E-state index contributed by atoms with van der Waals surface area (Å²) in [7, 11) is 0. The molecule has 1 unspecified atom stereocenters. The molecule has 114 valence electrons. The number of hydrogen-bond acceptors (Lipinski definition) is 1. The highest BCUT2D eigenvalue weighted by Crippen LogP contribution is 2.40. The average molecular weight is 283 g/mol. The highest BCUT2D eigenvalue weighted by Gasteiger charge is 2.35. The lowest BCUT2D eigenvalue weighted by atomic mass is 9.68. The Bertz CT molecular complexity index is 471. The lowest BCUT2D eigenvalue weighted by Crippen LogP contribution is -2.29. The molecule has 0 aliphatic heterocycles. The van der Waals surface area contributed by atoms with Crippen molar-refractivity contribution in [2.45, 2.75) is 83.0 Å². The fourth-order valence-electron chi connectivity index (χ4n) is 3.74. The van der Waals surface area contributed by atoms with Gasteiger partial charge in [-0.15, -0.1) is 0 Å². The molecule has 0 saturated carbocycles. The second-order valence-electron chi connectivity index (χ2n) is 6.58. The number of nitrogens with zero attached hydrogens (tertiary/aromatic N) is 1. The molecule has 1 aliphatic carbocycles. The quantitative estimate of drug-likeness (QED) is 0.543. The van der Waals surface area contributed by atoms with Crippen molar-refractivity contribution >= 4 is 0 Å². The van der Waals surface area contributed by atoms with Gasteiger partial charge in [0.05, 0.1) is 11.5 Å². The zero-order valence-electron chi connectivity index (χ0n) is 13.5. The molecule has 1 aromatic rings. The number of nitriles is 1. The van der Waals surface area contributed by atoms with Crippen molar-refractivity contribution in [2.75, 3.05) is 0 Å². The maximum absolute atomic E-state index is 9.81. The summed E-state index contributed by atoms with van der Waals surface area (Å²) in [5, 5.41) is 9.81. The van der Waals surface area contributed by atoms with Gasteiger partial charge in [0.15, 0.2) is 0 Å². The normalized spacial score (nSPS) is 20.8. The molecule has 0 heterocycles. The SMILES string of the molecule is CCCCCCCCCC1(C#N)CCCc2ccccc21. The largest absolute Gasteiger partial charge is 0.197 e. The van der Waals surface area contributed by atoms with Gasteiger partial charge in [-0.3, -0.25) is 0 Å². The Balaban J connectivity index is 1.87. The zero-order valence-corrected chi connectivity index (χ0v) is 13.5. The summed E-state index contributed by atoms with van der Waals surface area (Å²) in [5.41, 5.74) is 2.54. The average Bonchev–Trinajstić information content (AvgIpc) is 2.54. The van der Waals surface area contributed by atoms with E-state index in [9.17, 15) is 5.26 Å². The molecular weight excluding hydrogens is 254 g/mol. The van der Waals surface area contributed by atoms with Crippen LogP contribution in [-0.2, 0) is 11.8 Å². The van der Waals surface area contributed by atoms with Gasteiger partial charge in [-0.05, 0) is 36.8 Å². The van der Waals surface area contributed by atoms with Crippen molar-refractivity contribution < 1.29 is 0 Å². The van der Waals surface area contributed by atoms with Gasteiger partial charge in [-0.1, -0.05) is 76.1 Å². The molecule has 21 heavy (non-hydrogen) atoms. The summed E-state index contributed by atoms with van der Waals surface area (Å²) in [6.45, 7) is 2.26. The van der Waals surface area contributed by atoms with Crippen LogP contribution in [-0.4, -0.2) is 0 Å². The van der Waals surface area contributed by atoms with Gasteiger partial charge in [0.1, 0.15) is 0 Å². The van der Waals surface area contributed by atoms with E-state index in [-0.39, 0.29) is 5.41 Å². The fraction of sp³-hybridized carbons (Fsp3) is 0.650. The summed E-state index contributed by atoms with van der Waals surface area (Å²) in [4.78, 5) is 0. The number of fused-ring (bicyclic) bond motifs is 1. The van der Waals surface area contributed by atoms with Crippen LogP contribution >= 0.6 is 0 Å². The minimum absolute atomic E-state index is 0.196. The predicted molar refractivity (Wildman–Crippen MR) is 89.3 cm³/mol. The molecule has 1 heteroatoms. The lowest BCUT2D eigenvalue weighted by Gasteiger charge is -2.33. The van der Waals surface area contributed by atoms with Crippen molar-refractivity contribution in [1.29, 1.82) is 5.26 Å². The Morgan fingerprint density at radius 3 is 2.52 bits per heavy atom. The first-order chi connectivity index (χ1) is 10.3. The number of benzene rings is 1. The van der Waals surface area contributed by atoms with Crippen molar-refractivity contribution in [1.82, 2.24) is 0 Å².